The third-order valence-corrected chi connectivity index (χ3v) is 5.18. The number of thioether (sulfide) groups is 1. The Bertz CT molecular complexity index is 809. The lowest BCUT2D eigenvalue weighted by atomic mass is 9.84. The van der Waals surface area contributed by atoms with E-state index in [0.717, 1.165) is 18.3 Å². The molecule has 3 nitrogen and oxygen atoms in total. The molecule has 2 aromatic carbocycles. The maximum atomic E-state index is 14.0. The fraction of sp³-hybridized carbons (Fsp3) is 0.350. The van der Waals surface area contributed by atoms with Gasteiger partial charge in [0.05, 0.1) is 12.0 Å². The normalized spacial score (nSPS) is 14.4. The fourth-order valence-corrected chi connectivity index (χ4v) is 3.32. The monoisotopic (exact) mass is 396 g/mol. The molecule has 146 valence electrons. The third-order valence-electron chi connectivity index (χ3n) is 4.40. The van der Waals surface area contributed by atoms with Crippen molar-refractivity contribution in [3.05, 3.63) is 59.2 Å². The van der Waals surface area contributed by atoms with Gasteiger partial charge in [0.1, 0.15) is 0 Å². The number of benzene rings is 2. The van der Waals surface area contributed by atoms with E-state index >= 15 is 0 Å². The summed E-state index contributed by atoms with van der Waals surface area (Å²) in [5, 5.41) is 10.9. The zero-order valence-electron chi connectivity index (χ0n) is 15.7. The molecule has 0 heterocycles. The van der Waals surface area contributed by atoms with Crippen molar-refractivity contribution in [3.8, 4) is 0 Å². The summed E-state index contributed by atoms with van der Waals surface area (Å²) in [5.74, 6) is 0. The highest BCUT2D eigenvalue weighted by atomic mass is 32.2. The van der Waals surface area contributed by atoms with Gasteiger partial charge in [0.15, 0.2) is 0 Å². The summed E-state index contributed by atoms with van der Waals surface area (Å²) >= 11 is 1.15. The van der Waals surface area contributed by atoms with E-state index in [-0.39, 0.29) is 11.1 Å². The Kier molecular flexibility index (Phi) is 6.59. The van der Waals surface area contributed by atoms with Crippen molar-refractivity contribution in [1.29, 1.82) is 0 Å². The molecule has 2 rings (SSSR count). The molecule has 0 saturated carbocycles. The second-order valence-electron chi connectivity index (χ2n) is 6.23. The summed E-state index contributed by atoms with van der Waals surface area (Å²) in [6.45, 7) is 4.42. The average Bonchev–Trinajstić information content (AvgIpc) is 2.65. The molecule has 0 bridgehead atoms. The van der Waals surface area contributed by atoms with Crippen molar-refractivity contribution < 1.29 is 18.3 Å². The third kappa shape index (κ3) is 4.30. The first-order valence-corrected chi connectivity index (χ1v) is 9.65. The topological polar surface area (TPSA) is 35.8 Å². The standard InChI is InChI=1S/C20H23F3N2OS/c1-5-25(3)13-24-17-12-18(27-4)16(11-14(17)2)19(26,20(21,22)23)15-9-7-6-8-10-15/h6-13,26H,5H2,1-4H3. The van der Waals surface area contributed by atoms with Crippen molar-refractivity contribution in [2.75, 3.05) is 19.8 Å². The Morgan fingerprint density at radius 3 is 2.33 bits per heavy atom. The lowest BCUT2D eigenvalue weighted by molar-refractivity contribution is -0.249. The van der Waals surface area contributed by atoms with Crippen LogP contribution < -0.4 is 0 Å². The van der Waals surface area contributed by atoms with Crippen LogP contribution in [0.4, 0.5) is 18.9 Å². The molecule has 0 aliphatic rings. The van der Waals surface area contributed by atoms with Gasteiger partial charge in [0.2, 0.25) is 5.60 Å². The van der Waals surface area contributed by atoms with Crippen LogP contribution in [-0.2, 0) is 5.60 Å². The molecule has 0 radical (unpaired) electrons. The van der Waals surface area contributed by atoms with Gasteiger partial charge in [0.25, 0.3) is 0 Å². The molecular formula is C20H23F3N2OS. The Labute approximate surface area is 161 Å². The lowest BCUT2D eigenvalue weighted by Crippen LogP contribution is -2.43. The summed E-state index contributed by atoms with van der Waals surface area (Å²) in [7, 11) is 1.86. The van der Waals surface area contributed by atoms with Crippen molar-refractivity contribution in [2.24, 2.45) is 4.99 Å². The highest BCUT2D eigenvalue weighted by Crippen LogP contribution is 2.48. The molecular weight excluding hydrogens is 373 g/mol. The molecule has 2 aromatic rings. The van der Waals surface area contributed by atoms with Gasteiger partial charge < -0.3 is 10.0 Å². The molecule has 0 spiro atoms. The van der Waals surface area contributed by atoms with Gasteiger partial charge in [-0.1, -0.05) is 30.3 Å². The Morgan fingerprint density at radius 2 is 1.81 bits per heavy atom. The van der Waals surface area contributed by atoms with Crippen LogP contribution in [0.3, 0.4) is 0 Å². The van der Waals surface area contributed by atoms with Crippen LogP contribution in [0.25, 0.3) is 0 Å². The fourth-order valence-electron chi connectivity index (χ4n) is 2.66. The molecule has 0 aliphatic heterocycles. The SMILES string of the molecule is CCN(C)C=Nc1cc(SC)c(C(O)(c2ccccc2)C(F)(F)F)cc1C. The molecule has 0 fully saturated rings. The van der Waals surface area contributed by atoms with Crippen LogP contribution in [0.15, 0.2) is 52.4 Å². The smallest absolute Gasteiger partial charge is 0.372 e. The Morgan fingerprint density at radius 1 is 1.19 bits per heavy atom. The van der Waals surface area contributed by atoms with Gasteiger partial charge >= 0.3 is 6.18 Å². The molecule has 1 N–H and O–H groups in total. The summed E-state index contributed by atoms with van der Waals surface area (Å²) in [5.41, 5.74) is -2.37. The summed E-state index contributed by atoms with van der Waals surface area (Å²) < 4.78 is 42.1. The van der Waals surface area contributed by atoms with E-state index in [4.69, 9.17) is 0 Å². The quantitative estimate of drug-likeness (QED) is 0.418. The number of hydrogen-bond donors (Lipinski definition) is 1. The van der Waals surface area contributed by atoms with Crippen LogP contribution in [0, 0.1) is 6.92 Å². The zero-order valence-corrected chi connectivity index (χ0v) is 16.5. The lowest BCUT2D eigenvalue weighted by Gasteiger charge is -2.33. The van der Waals surface area contributed by atoms with Crippen molar-refractivity contribution in [3.63, 3.8) is 0 Å². The molecule has 7 heteroatoms. The molecule has 0 aliphatic carbocycles. The number of alkyl halides is 3. The molecule has 27 heavy (non-hydrogen) atoms. The number of aliphatic hydroxyl groups is 1. The summed E-state index contributed by atoms with van der Waals surface area (Å²) in [6, 6.07) is 10.1. The van der Waals surface area contributed by atoms with E-state index < -0.39 is 11.8 Å². The minimum atomic E-state index is -4.88. The van der Waals surface area contributed by atoms with Crippen LogP contribution >= 0.6 is 11.8 Å². The first-order valence-electron chi connectivity index (χ1n) is 8.43. The molecule has 0 amide bonds. The maximum Gasteiger partial charge on any atom is 0.425 e. The van der Waals surface area contributed by atoms with Gasteiger partial charge in [-0.15, -0.1) is 11.8 Å². The van der Waals surface area contributed by atoms with E-state index in [1.165, 1.54) is 30.3 Å². The van der Waals surface area contributed by atoms with E-state index in [9.17, 15) is 18.3 Å². The number of hydrogen-bond acceptors (Lipinski definition) is 3. The van der Waals surface area contributed by atoms with E-state index in [1.807, 2.05) is 18.9 Å². The highest BCUT2D eigenvalue weighted by molar-refractivity contribution is 7.98. The minimum Gasteiger partial charge on any atom is -0.372 e. The van der Waals surface area contributed by atoms with Crippen molar-refractivity contribution >= 4 is 23.8 Å². The highest BCUT2D eigenvalue weighted by Gasteiger charge is 2.57. The zero-order chi connectivity index (χ0) is 20.2. The van der Waals surface area contributed by atoms with Gasteiger partial charge in [-0.2, -0.15) is 13.2 Å². The van der Waals surface area contributed by atoms with Gasteiger partial charge in [-0.25, -0.2) is 4.99 Å². The average molecular weight is 396 g/mol. The molecule has 1 unspecified atom stereocenters. The second kappa shape index (κ2) is 8.35. The largest absolute Gasteiger partial charge is 0.425 e. The first-order chi connectivity index (χ1) is 12.6. The van der Waals surface area contributed by atoms with E-state index in [0.29, 0.717) is 16.1 Å². The minimum absolute atomic E-state index is 0.186. The van der Waals surface area contributed by atoms with Gasteiger partial charge in [0, 0.05) is 24.1 Å². The van der Waals surface area contributed by atoms with Crippen LogP contribution in [0.1, 0.15) is 23.6 Å². The molecule has 0 aromatic heterocycles. The van der Waals surface area contributed by atoms with Gasteiger partial charge in [-0.05, 0) is 43.4 Å². The predicted molar refractivity (Wildman–Crippen MR) is 105 cm³/mol. The number of halogens is 3. The van der Waals surface area contributed by atoms with E-state index in [2.05, 4.69) is 4.99 Å². The molecule has 1 atom stereocenters. The predicted octanol–water partition coefficient (Wildman–Crippen LogP) is 5.13. The summed E-state index contributed by atoms with van der Waals surface area (Å²) in [6.07, 6.45) is -1.56. The number of aliphatic imine (C=N–C) groups is 1. The Hall–Kier alpha value is -1.99. The number of rotatable bonds is 6. The second-order valence-corrected chi connectivity index (χ2v) is 7.08. The molecule has 0 saturated heterocycles. The number of nitrogens with zero attached hydrogens (tertiary/aromatic N) is 2. The maximum absolute atomic E-state index is 14.0. The number of aryl methyl sites for hydroxylation is 1. The van der Waals surface area contributed by atoms with E-state index in [1.54, 1.807) is 31.7 Å². The van der Waals surface area contributed by atoms with Crippen LogP contribution in [0.2, 0.25) is 0 Å². The van der Waals surface area contributed by atoms with Crippen molar-refractivity contribution in [2.45, 2.75) is 30.5 Å². The van der Waals surface area contributed by atoms with Crippen LogP contribution in [-0.4, -0.2) is 42.4 Å². The van der Waals surface area contributed by atoms with Crippen LogP contribution in [0.5, 0.6) is 0 Å². The Balaban J connectivity index is 2.68. The van der Waals surface area contributed by atoms with Crippen molar-refractivity contribution in [1.82, 2.24) is 4.90 Å². The summed E-state index contributed by atoms with van der Waals surface area (Å²) in [4.78, 5) is 6.56. The van der Waals surface area contributed by atoms with Gasteiger partial charge in [-0.3, -0.25) is 0 Å². The first kappa shape index (κ1) is 21.3.